The van der Waals surface area contributed by atoms with Crippen molar-refractivity contribution in [2.24, 2.45) is 0 Å². The van der Waals surface area contributed by atoms with E-state index in [1.165, 1.54) is 154 Å². The molecule has 0 heterocycles. The van der Waals surface area contributed by atoms with Gasteiger partial charge in [-0.2, -0.15) is 0 Å². The number of carbonyl (C=O) groups excluding carboxylic acids is 1. The van der Waals surface area contributed by atoms with Gasteiger partial charge in [0.2, 0.25) is 5.91 Å². The van der Waals surface area contributed by atoms with Crippen molar-refractivity contribution in [2.45, 2.75) is 225 Å². The van der Waals surface area contributed by atoms with Crippen molar-refractivity contribution in [3.8, 4) is 0 Å². The summed E-state index contributed by atoms with van der Waals surface area (Å²) in [4.78, 5) is 25.2. The van der Waals surface area contributed by atoms with Gasteiger partial charge in [0.1, 0.15) is 13.2 Å². The summed E-state index contributed by atoms with van der Waals surface area (Å²) in [6, 6.07) is -0.897. The molecule has 0 rings (SSSR count). The Balaban J connectivity index is 4.27. The quantitative estimate of drug-likeness (QED) is 0.0276. The number of rotatable bonds is 42. The van der Waals surface area contributed by atoms with Gasteiger partial charge in [-0.15, -0.1) is 0 Å². The van der Waals surface area contributed by atoms with Crippen LogP contribution in [-0.4, -0.2) is 68.5 Å². The number of nitrogens with zero attached hydrogens (tertiary/aromatic N) is 1. The predicted molar refractivity (Wildman–Crippen MR) is 233 cm³/mol. The lowest BCUT2D eigenvalue weighted by Gasteiger charge is -2.29. The highest BCUT2D eigenvalue weighted by molar-refractivity contribution is 7.45. The van der Waals surface area contributed by atoms with Gasteiger partial charge in [-0.05, 0) is 32.1 Å². The van der Waals surface area contributed by atoms with Gasteiger partial charge in [0.05, 0.1) is 39.9 Å². The van der Waals surface area contributed by atoms with E-state index >= 15 is 0 Å². The highest BCUT2D eigenvalue weighted by Crippen LogP contribution is 2.38. The fraction of sp³-hybridized carbons (Fsp3) is 0.891. The number of hydrogen-bond donors (Lipinski definition) is 2. The van der Waals surface area contributed by atoms with Crippen LogP contribution in [-0.2, 0) is 18.4 Å². The van der Waals surface area contributed by atoms with Crippen LogP contribution < -0.4 is 10.2 Å². The van der Waals surface area contributed by atoms with Crippen LogP contribution in [0.3, 0.4) is 0 Å². The molecule has 9 heteroatoms. The number of aliphatic hydroxyl groups excluding tert-OH is 1. The summed E-state index contributed by atoms with van der Waals surface area (Å²) in [5.74, 6) is -0.210. The first kappa shape index (κ1) is 54.0. The Kier molecular flexibility index (Phi) is 37.8. The van der Waals surface area contributed by atoms with Crippen LogP contribution in [0.1, 0.15) is 213 Å². The number of carbonyl (C=O) groups is 1. The molecule has 1 amide bonds. The summed E-state index contributed by atoms with van der Waals surface area (Å²) in [6.07, 6.45) is 45.4. The molecule has 55 heavy (non-hydrogen) atoms. The van der Waals surface area contributed by atoms with Crippen molar-refractivity contribution in [2.75, 3.05) is 40.9 Å². The molecule has 326 valence electrons. The summed E-state index contributed by atoms with van der Waals surface area (Å²) in [6.45, 7) is 4.61. The molecule has 0 aromatic rings. The smallest absolute Gasteiger partial charge is 0.268 e. The van der Waals surface area contributed by atoms with E-state index in [1.54, 1.807) is 6.08 Å². The van der Waals surface area contributed by atoms with Gasteiger partial charge < -0.3 is 28.8 Å². The lowest BCUT2D eigenvalue weighted by molar-refractivity contribution is -0.870. The fourth-order valence-electron chi connectivity index (χ4n) is 6.70. The second-order valence-corrected chi connectivity index (χ2v) is 18.5. The topological polar surface area (TPSA) is 108 Å². The molecule has 0 bridgehead atoms. The minimum absolute atomic E-state index is 0.00454. The number of aliphatic hydroxyl groups is 1. The van der Waals surface area contributed by atoms with E-state index in [-0.39, 0.29) is 19.1 Å². The van der Waals surface area contributed by atoms with E-state index in [4.69, 9.17) is 9.05 Å². The molecule has 2 N–H and O–H groups in total. The van der Waals surface area contributed by atoms with E-state index < -0.39 is 20.0 Å². The summed E-state index contributed by atoms with van der Waals surface area (Å²) in [7, 11) is 1.25. The maximum Gasteiger partial charge on any atom is 0.268 e. The maximum absolute atomic E-state index is 12.8. The second kappa shape index (κ2) is 38.5. The van der Waals surface area contributed by atoms with Gasteiger partial charge in [0.25, 0.3) is 7.82 Å². The first-order valence-corrected chi connectivity index (χ1v) is 24.7. The molecular weight excluding hydrogens is 707 g/mol. The van der Waals surface area contributed by atoms with Gasteiger partial charge in [-0.3, -0.25) is 9.36 Å². The normalized spacial score (nSPS) is 14.5. The first-order valence-electron chi connectivity index (χ1n) is 23.2. The third-order valence-corrected chi connectivity index (χ3v) is 11.4. The predicted octanol–water partition coefficient (Wildman–Crippen LogP) is 12.3. The zero-order valence-corrected chi connectivity index (χ0v) is 37.8. The van der Waals surface area contributed by atoms with Crippen LogP contribution in [0.5, 0.6) is 0 Å². The lowest BCUT2D eigenvalue weighted by Crippen LogP contribution is -2.45. The third-order valence-electron chi connectivity index (χ3n) is 10.4. The minimum Gasteiger partial charge on any atom is -0.756 e. The van der Waals surface area contributed by atoms with Crippen molar-refractivity contribution in [3.05, 3.63) is 24.3 Å². The van der Waals surface area contributed by atoms with Crippen LogP contribution >= 0.6 is 7.82 Å². The summed E-state index contributed by atoms with van der Waals surface area (Å²) >= 11 is 0. The SMILES string of the molecule is CCCCCCCCCCCCCCCCCCCC/C=C/CC/C=C/C(O)C(COP(=O)([O-])OCC[N+](C)(C)C)NC(=O)CCCCCCCCCCC. The number of unbranched alkanes of at least 4 members (excludes halogenated alkanes) is 27. The van der Waals surface area contributed by atoms with Crippen LogP contribution in [0.2, 0.25) is 0 Å². The minimum atomic E-state index is -4.59. The number of hydrogen-bond acceptors (Lipinski definition) is 6. The van der Waals surface area contributed by atoms with Crippen LogP contribution in [0, 0.1) is 0 Å². The summed E-state index contributed by atoms with van der Waals surface area (Å²) < 4.78 is 23.1. The van der Waals surface area contributed by atoms with E-state index in [2.05, 4.69) is 31.3 Å². The Morgan fingerprint density at radius 2 is 1.02 bits per heavy atom. The Hall–Kier alpha value is -1.02. The van der Waals surface area contributed by atoms with Gasteiger partial charge in [0.15, 0.2) is 0 Å². The fourth-order valence-corrected chi connectivity index (χ4v) is 7.42. The Bertz CT molecular complexity index is 953. The highest BCUT2D eigenvalue weighted by atomic mass is 31.2. The number of quaternary nitrogens is 1. The Morgan fingerprint density at radius 3 is 1.47 bits per heavy atom. The molecule has 0 aromatic heterocycles. The summed E-state index contributed by atoms with van der Waals surface area (Å²) in [5, 5.41) is 13.7. The largest absolute Gasteiger partial charge is 0.756 e. The molecule has 0 aliphatic heterocycles. The van der Waals surface area contributed by atoms with Crippen molar-refractivity contribution in [1.29, 1.82) is 0 Å². The molecule has 0 saturated carbocycles. The average Bonchev–Trinajstić information content (AvgIpc) is 3.13. The molecule has 0 saturated heterocycles. The highest BCUT2D eigenvalue weighted by Gasteiger charge is 2.23. The number of amides is 1. The number of phosphoric acid groups is 1. The standard InChI is InChI=1S/C46H91N2O6P/c1-6-8-10-12-14-16-17-18-19-20-21-22-23-24-25-26-27-28-29-30-32-33-35-37-39-45(49)44(43-54-55(51,52)53-42-41-48(3,4)5)47-46(50)40-38-36-34-31-15-13-11-9-7-2/h30,32,37,39,44-45,49H,6-29,31,33-36,38,40-43H2,1-5H3,(H-,47,50,51,52)/b32-30+,39-37+. The second-order valence-electron chi connectivity index (χ2n) is 17.1. The molecule has 3 atom stereocenters. The molecule has 0 fully saturated rings. The molecule has 0 aliphatic carbocycles. The van der Waals surface area contributed by atoms with Crippen LogP contribution in [0.4, 0.5) is 0 Å². The lowest BCUT2D eigenvalue weighted by atomic mass is 10.0. The van der Waals surface area contributed by atoms with Crippen LogP contribution in [0.15, 0.2) is 24.3 Å². The van der Waals surface area contributed by atoms with E-state index in [0.29, 0.717) is 17.4 Å². The molecule has 0 aromatic carbocycles. The zero-order valence-electron chi connectivity index (χ0n) is 36.9. The maximum atomic E-state index is 12.8. The van der Waals surface area contributed by atoms with E-state index in [9.17, 15) is 19.4 Å². The molecule has 0 radical (unpaired) electrons. The Morgan fingerprint density at radius 1 is 0.618 bits per heavy atom. The molecule has 3 unspecified atom stereocenters. The van der Waals surface area contributed by atoms with Crippen molar-refractivity contribution >= 4 is 13.7 Å². The molecular formula is C46H91N2O6P. The first-order chi connectivity index (χ1) is 26.5. The number of nitrogens with one attached hydrogen (secondary N) is 1. The van der Waals surface area contributed by atoms with Gasteiger partial charge in [-0.25, -0.2) is 0 Å². The van der Waals surface area contributed by atoms with Gasteiger partial charge >= 0.3 is 0 Å². The van der Waals surface area contributed by atoms with Gasteiger partial charge in [-0.1, -0.05) is 199 Å². The zero-order chi connectivity index (χ0) is 40.7. The number of phosphoric ester groups is 1. The number of allylic oxidation sites excluding steroid dienone is 3. The number of likely N-dealkylation sites (N-methyl/N-ethyl adjacent to an activating group) is 1. The molecule has 0 spiro atoms. The van der Waals surface area contributed by atoms with Gasteiger partial charge in [0, 0.05) is 6.42 Å². The molecule has 0 aliphatic rings. The van der Waals surface area contributed by atoms with Crippen molar-refractivity contribution < 1.29 is 32.9 Å². The van der Waals surface area contributed by atoms with Crippen molar-refractivity contribution in [1.82, 2.24) is 5.32 Å². The summed E-state index contributed by atoms with van der Waals surface area (Å²) in [5.41, 5.74) is 0. The van der Waals surface area contributed by atoms with Crippen LogP contribution in [0.25, 0.3) is 0 Å². The monoisotopic (exact) mass is 799 g/mol. The van der Waals surface area contributed by atoms with E-state index in [0.717, 1.165) is 38.5 Å². The van der Waals surface area contributed by atoms with E-state index in [1.807, 2.05) is 27.2 Å². The Labute approximate surface area is 341 Å². The van der Waals surface area contributed by atoms with Crippen molar-refractivity contribution in [3.63, 3.8) is 0 Å². The third kappa shape index (κ3) is 41.0. The molecule has 8 nitrogen and oxygen atoms in total. The average molecular weight is 799 g/mol.